The second-order valence-corrected chi connectivity index (χ2v) is 5.67. The Kier molecular flexibility index (Phi) is 3.61. The summed E-state index contributed by atoms with van der Waals surface area (Å²) in [5, 5.41) is 1.09. The van der Waals surface area contributed by atoms with Gasteiger partial charge in [-0.3, -0.25) is 5.84 Å². The first kappa shape index (κ1) is 13.4. The first-order chi connectivity index (χ1) is 9.69. The molecule has 102 valence electrons. The topological polar surface area (TPSA) is 51.2 Å². The van der Waals surface area contributed by atoms with Gasteiger partial charge in [-0.25, -0.2) is 5.43 Å². The monoisotopic (exact) mass is 330 g/mol. The lowest BCUT2D eigenvalue weighted by Crippen LogP contribution is -2.28. The van der Waals surface area contributed by atoms with Crippen molar-refractivity contribution in [1.82, 2.24) is 5.43 Å². The molecule has 3 nitrogen and oxygen atoms in total. The van der Waals surface area contributed by atoms with E-state index >= 15 is 0 Å². The zero-order valence-corrected chi connectivity index (χ0v) is 12.6. The van der Waals surface area contributed by atoms with E-state index in [-0.39, 0.29) is 6.04 Å². The Morgan fingerprint density at radius 3 is 2.70 bits per heavy atom. The van der Waals surface area contributed by atoms with Gasteiger partial charge < -0.3 is 4.42 Å². The second-order valence-electron chi connectivity index (χ2n) is 4.81. The molecule has 20 heavy (non-hydrogen) atoms. The smallest absolute Gasteiger partial charge is 0.134 e. The van der Waals surface area contributed by atoms with Crippen LogP contribution in [0.25, 0.3) is 11.0 Å². The van der Waals surface area contributed by atoms with Crippen molar-refractivity contribution in [2.75, 3.05) is 0 Å². The molecule has 3 N–H and O–H groups in total. The van der Waals surface area contributed by atoms with Crippen LogP contribution in [-0.2, 0) is 0 Å². The fourth-order valence-corrected chi connectivity index (χ4v) is 2.87. The number of fused-ring (bicyclic) bond motifs is 1. The van der Waals surface area contributed by atoms with Crippen molar-refractivity contribution in [3.05, 3.63) is 69.9 Å². The van der Waals surface area contributed by atoms with Crippen molar-refractivity contribution in [3.8, 4) is 0 Å². The van der Waals surface area contributed by atoms with Crippen LogP contribution in [0.4, 0.5) is 0 Å². The lowest BCUT2D eigenvalue weighted by Gasteiger charge is -2.15. The van der Waals surface area contributed by atoms with E-state index in [4.69, 9.17) is 10.3 Å². The van der Waals surface area contributed by atoms with Crippen LogP contribution in [0, 0.1) is 6.92 Å². The highest BCUT2D eigenvalue weighted by atomic mass is 79.9. The van der Waals surface area contributed by atoms with Gasteiger partial charge in [0.15, 0.2) is 0 Å². The standard InChI is InChI=1S/C16H15BrN2O/c1-10-6-7-14-11(8-10)9-15(20-14)16(19-18)12-4-2-3-5-13(12)17/h2-9,16,19H,18H2,1H3. The molecular formula is C16H15BrN2O. The maximum Gasteiger partial charge on any atom is 0.134 e. The highest BCUT2D eigenvalue weighted by Gasteiger charge is 2.19. The van der Waals surface area contributed by atoms with Crippen LogP contribution >= 0.6 is 15.9 Å². The van der Waals surface area contributed by atoms with E-state index in [0.29, 0.717) is 0 Å². The van der Waals surface area contributed by atoms with Gasteiger partial charge >= 0.3 is 0 Å². The van der Waals surface area contributed by atoms with Crippen molar-refractivity contribution < 1.29 is 4.42 Å². The summed E-state index contributed by atoms with van der Waals surface area (Å²) >= 11 is 3.55. The molecule has 1 unspecified atom stereocenters. The van der Waals surface area contributed by atoms with Crippen molar-refractivity contribution in [3.63, 3.8) is 0 Å². The molecule has 0 radical (unpaired) electrons. The van der Waals surface area contributed by atoms with Crippen LogP contribution in [0.2, 0.25) is 0 Å². The molecule has 0 saturated heterocycles. The Balaban J connectivity index is 2.10. The minimum absolute atomic E-state index is 0.182. The van der Waals surface area contributed by atoms with Crippen molar-refractivity contribution in [1.29, 1.82) is 0 Å². The molecule has 0 fully saturated rings. The lowest BCUT2D eigenvalue weighted by atomic mass is 10.0. The highest BCUT2D eigenvalue weighted by molar-refractivity contribution is 9.10. The number of hydrogen-bond donors (Lipinski definition) is 2. The number of halogens is 1. The maximum atomic E-state index is 5.92. The molecule has 0 amide bonds. The van der Waals surface area contributed by atoms with E-state index in [1.165, 1.54) is 5.56 Å². The molecule has 3 rings (SSSR count). The van der Waals surface area contributed by atoms with E-state index in [1.807, 2.05) is 42.5 Å². The molecule has 3 aromatic rings. The summed E-state index contributed by atoms with van der Waals surface area (Å²) < 4.78 is 6.92. The summed E-state index contributed by atoms with van der Waals surface area (Å²) in [6.45, 7) is 2.07. The average Bonchev–Trinajstić information content (AvgIpc) is 2.84. The average molecular weight is 331 g/mol. The molecule has 0 spiro atoms. The van der Waals surface area contributed by atoms with Crippen LogP contribution in [-0.4, -0.2) is 0 Å². The van der Waals surface area contributed by atoms with E-state index in [1.54, 1.807) is 0 Å². The third-order valence-electron chi connectivity index (χ3n) is 3.36. The molecule has 0 saturated carbocycles. The van der Waals surface area contributed by atoms with E-state index < -0.39 is 0 Å². The number of benzene rings is 2. The third kappa shape index (κ3) is 2.38. The Morgan fingerprint density at radius 2 is 1.95 bits per heavy atom. The zero-order chi connectivity index (χ0) is 14.1. The quantitative estimate of drug-likeness (QED) is 0.562. The number of nitrogens with two attached hydrogens (primary N) is 1. The molecule has 1 aromatic heterocycles. The van der Waals surface area contributed by atoms with Gasteiger partial charge in [0.05, 0.1) is 0 Å². The highest BCUT2D eigenvalue weighted by Crippen LogP contribution is 2.31. The number of hydrazine groups is 1. The van der Waals surface area contributed by atoms with Gasteiger partial charge in [0, 0.05) is 9.86 Å². The number of furan rings is 1. The van der Waals surface area contributed by atoms with E-state index in [9.17, 15) is 0 Å². The largest absolute Gasteiger partial charge is 0.459 e. The SMILES string of the molecule is Cc1ccc2oc(C(NN)c3ccccc3Br)cc2c1. The summed E-state index contributed by atoms with van der Waals surface area (Å²) in [5.41, 5.74) is 5.96. The molecule has 0 aliphatic carbocycles. The minimum Gasteiger partial charge on any atom is -0.459 e. The summed E-state index contributed by atoms with van der Waals surface area (Å²) in [6.07, 6.45) is 0. The lowest BCUT2D eigenvalue weighted by molar-refractivity contribution is 0.476. The molecule has 1 heterocycles. The molecule has 0 bridgehead atoms. The van der Waals surface area contributed by atoms with Crippen LogP contribution in [0.3, 0.4) is 0 Å². The van der Waals surface area contributed by atoms with Gasteiger partial charge in [-0.05, 0) is 36.8 Å². The van der Waals surface area contributed by atoms with Gasteiger partial charge in [-0.1, -0.05) is 45.8 Å². The van der Waals surface area contributed by atoms with Gasteiger partial charge in [-0.2, -0.15) is 0 Å². The zero-order valence-electron chi connectivity index (χ0n) is 11.1. The van der Waals surface area contributed by atoms with E-state index in [0.717, 1.165) is 26.8 Å². The normalized spacial score (nSPS) is 12.8. The Bertz CT molecular complexity index is 751. The van der Waals surface area contributed by atoms with Gasteiger partial charge in [0.1, 0.15) is 17.4 Å². The summed E-state index contributed by atoms with van der Waals surface area (Å²) in [6, 6.07) is 16.0. The summed E-state index contributed by atoms with van der Waals surface area (Å²) in [5.74, 6) is 6.53. The minimum atomic E-state index is -0.182. The van der Waals surface area contributed by atoms with Crippen LogP contribution in [0.1, 0.15) is 22.9 Å². The van der Waals surface area contributed by atoms with Gasteiger partial charge in [0.25, 0.3) is 0 Å². The predicted molar refractivity (Wildman–Crippen MR) is 84.3 cm³/mol. The summed E-state index contributed by atoms with van der Waals surface area (Å²) in [7, 11) is 0. The number of hydrogen-bond acceptors (Lipinski definition) is 3. The van der Waals surface area contributed by atoms with E-state index in [2.05, 4.69) is 34.3 Å². The maximum absolute atomic E-state index is 5.92. The van der Waals surface area contributed by atoms with Crippen molar-refractivity contribution >= 4 is 26.9 Å². The van der Waals surface area contributed by atoms with Gasteiger partial charge in [0.2, 0.25) is 0 Å². The number of nitrogens with one attached hydrogen (secondary N) is 1. The number of aryl methyl sites for hydroxylation is 1. The fraction of sp³-hybridized carbons (Fsp3) is 0.125. The van der Waals surface area contributed by atoms with Crippen molar-refractivity contribution in [2.45, 2.75) is 13.0 Å². The van der Waals surface area contributed by atoms with Crippen LogP contribution < -0.4 is 11.3 Å². The molecule has 0 aliphatic heterocycles. The predicted octanol–water partition coefficient (Wildman–Crippen LogP) is 4.06. The first-order valence-corrected chi connectivity index (χ1v) is 7.19. The molecule has 4 heteroatoms. The Morgan fingerprint density at radius 1 is 1.15 bits per heavy atom. The molecule has 2 aromatic carbocycles. The third-order valence-corrected chi connectivity index (χ3v) is 4.08. The second kappa shape index (κ2) is 5.40. The van der Waals surface area contributed by atoms with Gasteiger partial charge in [-0.15, -0.1) is 0 Å². The number of rotatable bonds is 3. The molecule has 1 atom stereocenters. The Labute approximate surface area is 125 Å². The Hall–Kier alpha value is -1.62. The van der Waals surface area contributed by atoms with Crippen LogP contribution in [0.5, 0.6) is 0 Å². The first-order valence-electron chi connectivity index (χ1n) is 6.39. The molecular weight excluding hydrogens is 316 g/mol. The van der Waals surface area contributed by atoms with Crippen LogP contribution in [0.15, 0.2) is 57.4 Å². The molecule has 0 aliphatic rings. The van der Waals surface area contributed by atoms with Crippen molar-refractivity contribution in [2.24, 2.45) is 5.84 Å². The summed E-state index contributed by atoms with van der Waals surface area (Å²) in [4.78, 5) is 0. The fourth-order valence-electron chi connectivity index (χ4n) is 2.36.